The Labute approximate surface area is 128 Å². The molecule has 0 bridgehead atoms. The maximum Gasteiger partial charge on any atom is 0.119 e. The van der Waals surface area contributed by atoms with E-state index in [0.717, 1.165) is 31.9 Å². The molecule has 4 nitrogen and oxygen atoms in total. The fourth-order valence-electron chi connectivity index (χ4n) is 3.51. The number of ether oxygens (including phenoxy) is 1. The second kappa shape index (κ2) is 6.67. The van der Waals surface area contributed by atoms with Gasteiger partial charge in [-0.15, -0.1) is 0 Å². The molecule has 0 aromatic heterocycles. The van der Waals surface area contributed by atoms with Gasteiger partial charge in [0.2, 0.25) is 0 Å². The van der Waals surface area contributed by atoms with Crippen LogP contribution in [0, 0.1) is 0 Å². The van der Waals surface area contributed by atoms with Crippen LogP contribution in [0.3, 0.4) is 0 Å². The van der Waals surface area contributed by atoms with Crippen molar-refractivity contribution in [1.29, 1.82) is 0 Å². The van der Waals surface area contributed by atoms with E-state index in [1.807, 2.05) is 0 Å². The number of hydrogen-bond acceptors (Lipinski definition) is 4. The van der Waals surface area contributed by atoms with E-state index >= 15 is 0 Å². The summed E-state index contributed by atoms with van der Waals surface area (Å²) in [4.78, 5) is 5.11. The molecule has 2 fully saturated rings. The summed E-state index contributed by atoms with van der Waals surface area (Å²) in [5.41, 5.74) is 2.82. The number of methoxy groups -OCH3 is 1. The molecule has 1 aromatic carbocycles. The number of hydrogen-bond donors (Lipinski definition) is 1. The molecule has 0 saturated carbocycles. The van der Waals surface area contributed by atoms with E-state index < -0.39 is 0 Å². The van der Waals surface area contributed by atoms with Crippen LogP contribution in [0.2, 0.25) is 0 Å². The van der Waals surface area contributed by atoms with Crippen LogP contribution >= 0.6 is 0 Å². The van der Waals surface area contributed by atoms with Crippen LogP contribution < -0.4 is 15.0 Å². The van der Waals surface area contributed by atoms with Gasteiger partial charge in [-0.25, -0.2) is 0 Å². The van der Waals surface area contributed by atoms with Crippen molar-refractivity contribution < 1.29 is 4.74 Å². The van der Waals surface area contributed by atoms with Gasteiger partial charge >= 0.3 is 0 Å². The van der Waals surface area contributed by atoms with Crippen LogP contribution in [0.4, 0.5) is 5.69 Å². The molecule has 2 aliphatic rings. The average molecular weight is 289 g/mol. The molecular formula is C17H27N3O. The van der Waals surface area contributed by atoms with Gasteiger partial charge in [0.25, 0.3) is 0 Å². The Balaban J connectivity index is 1.89. The number of benzene rings is 1. The number of anilines is 1. The first-order chi connectivity index (χ1) is 10.3. The number of piperazine rings is 1. The highest BCUT2D eigenvalue weighted by atomic mass is 16.5. The molecular weight excluding hydrogens is 262 g/mol. The Morgan fingerprint density at radius 1 is 1.10 bits per heavy atom. The minimum Gasteiger partial charge on any atom is -0.497 e. The molecule has 0 aliphatic carbocycles. The summed E-state index contributed by atoms with van der Waals surface area (Å²) in [5, 5.41) is 3.44. The zero-order valence-electron chi connectivity index (χ0n) is 13.3. The predicted octanol–water partition coefficient (Wildman–Crippen LogP) is 2.26. The lowest BCUT2D eigenvalue weighted by atomic mass is 10.0. The fourth-order valence-corrected chi connectivity index (χ4v) is 3.51. The van der Waals surface area contributed by atoms with E-state index in [1.165, 1.54) is 37.2 Å². The second-order valence-electron chi connectivity index (χ2n) is 6.08. The van der Waals surface area contributed by atoms with Crippen LogP contribution in [0.1, 0.15) is 31.4 Å². The van der Waals surface area contributed by atoms with Crippen molar-refractivity contribution in [2.45, 2.75) is 25.8 Å². The summed E-state index contributed by atoms with van der Waals surface area (Å²) in [7, 11) is 1.75. The molecule has 116 valence electrons. The molecule has 21 heavy (non-hydrogen) atoms. The normalized spacial score (nSPS) is 21.5. The third kappa shape index (κ3) is 3.16. The predicted molar refractivity (Wildman–Crippen MR) is 87.3 cm³/mol. The maximum atomic E-state index is 5.46. The topological polar surface area (TPSA) is 27.7 Å². The number of rotatable bonds is 4. The van der Waals surface area contributed by atoms with Crippen LogP contribution in [0.15, 0.2) is 18.2 Å². The molecule has 1 atom stereocenters. The van der Waals surface area contributed by atoms with Crippen molar-refractivity contribution in [2.24, 2.45) is 0 Å². The standard InChI is InChI=1S/C17H27N3O/c1-14(19-11-7-18-8-12-19)16-13-15(21-2)5-6-17(16)20-9-3-4-10-20/h5-6,13-14,18H,3-4,7-12H2,1-2H3. The Bertz CT molecular complexity index is 465. The molecule has 0 amide bonds. The van der Waals surface area contributed by atoms with E-state index in [1.54, 1.807) is 7.11 Å². The fraction of sp³-hybridized carbons (Fsp3) is 0.647. The van der Waals surface area contributed by atoms with Crippen molar-refractivity contribution >= 4 is 5.69 Å². The summed E-state index contributed by atoms with van der Waals surface area (Å²) in [5.74, 6) is 0.968. The molecule has 3 rings (SSSR count). The van der Waals surface area contributed by atoms with Crippen molar-refractivity contribution in [3.8, 4) is 5.75 Å². The third-order valence-corrected chi connectivity index (χ3v) is 4.83. The largest absolute Gasteiger partial charge is 0.497 e. The summed E-state index contributed by atoms with van der Waals surface area (Å²) < 4.78 is 5.46. The van der Waals surface area contributed by atoms with E-state index in [2.05, 4.69) is 40.2 Å². The Hall–Kier alpha value is -1.26. The van der Waals surface area contributed by atoms with E-state index in [9.17, 15) is 0 Å². The van der Waals surface area contributed by atoms with Gasteiger partial charge in [-0.3, -0.25) is 4.90 Å². The molecule has 0 radical (unpaired) electrons. The molecule has 4 heteroatoms. The number of nitrogens with one attached hydrogen (secondary N) is 1. The summed E-state index contributed by atoms with van der Waals surface area (Å²) in [6, 6.07) is 7.03. The molecule has 2 saturated heterocycles. The average Bonchev–Trinajstić information content (AvgIpc) is 3.08. The monoisotopic (exact) mass is 289 g/mol. The van der Waals surface area contributed by atoms with Gasteiger partial charge < -0.3 is 15.0 Å². The maximum absolute atomic E-state index is 5.46. The molecule has 2 heterocycles. The quantitative estimate of drug-likeness (QED) is 0.920. The van der Waals surface area contributed by atoms with Gasteiger partial charge in [0.15, 0.2) is 0 Å². The van der Waals surface area contributed by atoms with E-state index in [0.29, 0.717) is 6.04 Å². The van der Waals surface area contributed by atoms with Gasteiger partial charge in [0.05, 0.1) is 7.11 Å². The van der Waals surface area contributed by atoms with Gasteiger partial charge in [-0.05, 0) is 43.5 Å². The highest BCUT2D eigenvalue weighted by molar-refractivity contribution is 5.58. The van der Waals surface area contributed by atoms with Crippen molar-refractivity contribution in [3.63, 3.8) is 0 Å². The number of nitrogens with zero attached hydrogens (tertiary/aromatic N) is 2. The lowest BCUT2D eigenvalue weighted by Crippen LogP contribution is -2.44. The molecule has 2 aliphatic heterocycles. The zero-order chi connectivity index (χ0) is 14.7. The molecule has 1 aromatic rings. The minimum atomic E-state index is 0.442. The van der Waals surface area contributed by atoms with Gasteiger partial charge in [0.1, 0.15) is 5.75 Å². The van der Waals surface area contributed by atoms with Gasteiger partial charge in [0, 0.05) is 51.0 Å². The van der Waals surface area contributed by atoms with E-state index in [4.69, 9.17) is 4.74 Å². The first-order valence-electron chi connectivity index (χ1n) is 8.17. The second-order valence-corrected chi connectivity index (χ2v) is 6.08. The van der Waals surface area contributed by atoms with Gasteiger partial charge in [-0.1, -0.05) is 0 Å². The molecule has 1 unspecified atom stereocenters. The highest BCUT2D eigenvalue weighted by Crippen LogP contribution is 2.34. The van der Waals surface area contributed by atoms with Crippen LogP contribution in [0.5, 0.6) is 5.75 Å². The smallest absolute Gasteiger partial charge is 0.119 e. The van der Waals surface area contributed by atoms with Crippen LogP contribution in [-0.2, 0) is 0 Å². The van der Waals surface area contributed by atoms with Crippen LogP contribution in [0.25, 0.3) is 0 Å². The Kier molecular flexibility index (Phi) is 4.66. The summed E-state index contributed by atoms with van der Waals surface area (Å²) >= 11 is 0. The summed E-state index contributed by atoms with van der Waals surface area (Å²) in [6.45, 7) is 9.14. The van der Waals surface area contributed by atoms with Crippen molar-refractivity contribution in [3.05, 3.63) is 23.8 Å². The van der Waals surface area contributed by atoms with Crippen molar-refractivity contribution in [1.82, 2.24) is 10.2 Å². The third-order valence-electron chi connectivity index (χ3n) is 4.83. The zero-order valence-corrected chi connectivity index (χ0v) is 13.3. The Morgan fingerprint density at radius 2 is 1.81 bits per heavy atom. The lowest BCUT2D eigenvalue weighted by molar-refractivity contribution is 0.185. The highest BCUT2D eigenvalue weighted by Gasteiger charge is 2.24. The lowest BCUT2D eigenvalue weighted by Gasteiger charge is -2.35. The van der Waals surface area contributed by atoms with E-state index in [-0.39, 0.29) is 0 Å². The Morgan fingerprint density at radius 3 is 2.48 bits per heavy atom. The molecule has 0 spiro atoms. The first kappa shape index (κ1) is 14.7. The van der Waals surface area contributed by atoms with Gasteiger partial charge in [-0.2, -0.15) is 0 Å². The minimum absolute atomic E-state index is 0.442. The molecule has 1 N–H and O–H groups in total. The SMILES string of the molecule is COc1ccc(N2CCCC2)c(C(C)N2CCNCC2)c1. The van der Waals surface area contributed by atoms with Crippen molar-refractivity contribution in [2.75, 3.05) is 51.3 Å². The first-order valence-corrected chi connectivity index (χ1v) is 8.17. The summed E-state index contributed by atoms with van der Waals surface area (Å²) in [6.07, 6.45) is 2.63. The van der Waals surface area contributed by atoms with Crippen LogP contribution in [-0.4, -0.2) is 51.3 Å².